The maximum atomic E-state index is 11.5. The number of carbonyl (C=O) groups is 2. The summed E-state index contributed by atoms with van der Waals surface area (Å²) in [5.41, 5.74) is 6.71. The lowest BCUT2D eigenvalue weighted by atomic mass is 10.1. The number of hydrogen-bond donors (Lipinski definition) is 2. The van der Waals surface area contributed by atoms with E-state index in [9.17, 15) is 9.59 Å². The molecule has 0 atom stereocenters. The van der Waals surface area contributed by atoms with Crippen LogP contribution in [0.5, 0.6) is 0 Å². The van der Waals surface area contributed by atoms with Crippen LogP contribution in [0.2, 0.25) is 0 Å². The predicted octanol–water partition coefficient (Wildman–Crippen LogP) is 1.57. The molecule has 0 heterocycles. The SMILES string of the molecule is NCCC(=O)c1ccc(NC(=O)C2CC2)cc1. The zero-order chi connectivity index (χ0) is 12.3. The van der Waals surface area contributed by atoms with Gasteiger partial charge in [-0.25, -0.2) is 0 Å². The van der Waals surface area contributed by atoms with Crippen molar-refractivity contribution in [2.45, 2.75) is 19.3 Å². The van der Waals surface area contributed by atoms with Crippen LogP contribution in [-0.2, 0) is 4.79 Å². The Morgan fingerprint density at radius 3 is 2.41 bits per heavy atom. The predicted molar refractivity (Wildman–Crippen MR) is 65.8 cm³/mol. The summed E-state index contributed by atoms with van der Waals surface area (Å²) in [6.07, 6.45) is 2.32. The van der Waals surface area contributed by atoms with Crippen molar-refractivity contribution in [2.75, 3.05) is 11.9 Å². The van der Waals surface area contributed by atoms with Crippen molar-refractivity contribution in [1.29, 1.82) is 0 Å². The van der Waals surface area contributed by atoms with E-state index in [1.807, 2.05) is 0 Å². The van der Waals surface area contributed by atoms with Gasteiger partial charge in [0.1, 0.15) is 0 Å². The molecule has 0 unspecified atom stereocenters. The van der Waals surface area contributed by atoms with Crippen molar-refractivity contribution >= 4 is 17.4 Å². The van der Waals surface area contributed by atoms with E-state index in [0.717, 1.165) is 18.5 Å². The van der Waals surface area contributed by atoms with Crippen LogP contribution >= 0.6 is 0 Å². The third-order valence-corrected chi connectivity index (χ3v) is 2.79. The van der Waals surface area contributed by atoms with Gasteiger partial charge in [0.25, 0.3) is 0 Å². The fourth-order valence-corrected chi connectivity index (χ4v) is 1.60. The summed E-state index contributed by atoms with van der Waals surface area (Å²) in [5, 5.41) is 2.83. The maximum absolute atomic E-state index is 11.5. The van der Waals surface area contributed by atoms with E-state index in [0.29, 0.717) is 18.5 Å². The van der Waals surface area contributed by atoms with Crippen LogP contribution in [0, 0.1) is 5.92 Å². The van der Waals surface area contributed by atoms with E-state index in [1.54, 1.807) is 24.3 Å². The van der Waals surface area contributed by atoms with Crippen LogP contribution in [0.3, 0.4) is 0 Å². The topological polar surface area (TPSA) is 72.2 Å². The Morgan fingerprint density at radius 1 is 1.24 bits per heavy atom. The average molecular weight is 232 g/mol. The molecule has 0 spiro atoms. The number of nitrogens with one attached hydrogen (secondary N) is 1. The lowest BCUT2D eigenvalue weighted by Gasteiger charge is -2.05. The molecule has 1 aliphatic carbocycles. The molecule has 1 aromatic rings. The number of amides is 1. The number of ketones is 1. The van der Waals surface area contributed by atoms with Crippen molar-refractivity contribution in [3.05, 3.63) is 29.8 Å². The highest BCUT2D eigenvalue weighted by Crippen LogP contribution is 2.30. The standard InChI is InChI=1S/C13H16N2O2/c14-8-7-12(16)9-3-5-11(6-4-9)15-13(17)10-1-2-10/h3-6,10H,1-2,7-8,14H2,(H,15,17). The molecule has 90 valence electrons. The zero-order valence-corrected chi connectivity index (χ0v) is 9.61. The first kappa shape index (κ1) is 11.8. The molecule has 3 N–H and O–H groups in total. The number of anilines is 1. The lowest BCUT2D eigenvalue weighted by Crippen LogP contribution is -2.13. The Bertz CT molecular complexity index is 422. The third kappa shape index (κ3) is 3.14. The summed E-state index contributed by atoms with van der Waals surface area (Å²) in [4.78, 5) is 23.0. The van der Waals surface area contributed by atoms with Gasteiger partial charge in [0.2, 0.25) is 5.91 Å². The van der Waals surface area contributed by atoms with Gasteiger partial charge in [-0.1, -0.05) is 0 Å². The summed E-state index contributed by atoms with van der Waals surface area (Å²) in [6, 6.07) is 6.95. The van der Waals surface area contributed by atoms with E-state index >= 15 is 0 Å². The number of carbonyl (C=O) groups excluding carboxylic acids is 2. The molecule has 1 aliphatic rings. The molecule has 2 rings (SSSR count). The van der Waals surface area contributed by atoms with Gasteiger partial charge < -0.3 is 11.1 Å². The van der Waals surface area contributed by atoms with Crippen molar-refractivity contribution in [1.82, 2.24) is 0 Å². The normalized spacial score (nSPS) is 14.4. The van der Waals surface area contributed by atoms with E-state index in [2.05, 4.69) is 5.32 Å². The Morgan fingerprint density at radius 2 is 1.88 bits per heavy atom. The Balaban J connectivity index is 1.97. The minimum Gasteiger partial charge on any atom is -0.330 e. The summed E-state index contributed by atoms with van der Waals surface area (Å²) in [6.45, 7) is 0.360. The largest absolute Gasteiger partial charge is 0.330 e. The summed E-state index contributed by atoms with van der Waals surface area (Å²) in [7, 11) is 0. The number of Topliss-reactive ketones (excluding diaryl/α,β-unsaturated/α-hetero) is 1. The smallest absolute Gasteiger partial charge is 0.227 e. The van der Waals surface area contributed by atoms with E-state index in [-0.39, 0.29) is 17.6 Å². The van der Waals surface area contributed by atoms with E-state index in [1.165, 1.54) is 0 Å². The average Bonchev–Trinajstić information content (AvgIpc) is 3.14. The van der Waals surface area contributed by atoms with Crippen LogP contribution in [0.4, 0.5) is 5.69 Å². The van der Waals surface area contributed by atoms with E-state index < -0.39 is 0 Å². The van der Waals surface area contributed by atoms with Gasteiger partial charge in [0.05, 0.1) is 0 Å². The molecule has 0 radical (unpaired) electrons. The van der Waals surface area contributed by atoms with Crippen molar-refractivity contribution in [3.8, 4) is 0 Å². The molecule has 17 heavy (non-hydrogen) atoms. The van der Waals surface area contributed by atoms with Gasteiger partial charge >= 0.3 is 0 Å². The first-order valence-electron chi connectivity index (χ1n) is 5.85. The molecule has 1 saturated carbocycles. The third-order valence-electron chi connectivity index (χ3n) is 2.79. The van der Waals surface area contributed by atoms with Crippen LogP contribution in [-0.4, -0.2) is 18.2 Å². The van der Waals surface area contributed by atoms with Gasteiger partial charge in [0.15, 0.2) is 5.78 Å². The molecule has 4 heteroatoms. The zero-order valence-electron chi connectivity index (χ0n) is 9.61. The summed E-state index contributed by atoms with van der Waals surface area (Å²) >= 11 is 0. The highest BCUT2D eigenvalue weighted by Gasteiger charge is 2.29. The van der Waals surface area contributed by atoms with Gasteiger partial charge in [-0.15, -0.1) is 0 Å². The van der Waals surface area contributed by atoms with Crippen LogP contribution in [0.25, 0.3) is 0 Å². The van der Waals surface area contributed by atoms with Gasteiger partial charge in [-0.05, 0) is 43.7 Å². The van der Waals surface area contributed by atoms with Gasteiger partial charge in [0, 0.05) is 23.6 Å². The summed E-state index contributed by atoms with van der Waals surface area (Å²) in [5.74, 6) is 0.298. The van der Waals surface area contributed by atoms with Crippen LogP contribution in [0.15, 0.2) is 24.3 Å². The highest BCUT2D eigenvalue weighted by molar-refractivity contribution is 5.97. The maximum Gasteiger partial charge on any atom is 0.227 e. The minimum atomic E-state index is 0.0348. The first-order valence-corrected chi connectivity index (χ1v) is 5.85. The molecule has 1 fully saturated rings. The second kappa shape index (κ2) is 5.10. The fraction of sp³-hybridized carbons (Fsp3) is 0.385. The molecule has 0 bridgehead atoms. The quantitative estimate of drug-likeness (QED) is 0.757. The number of nitrogens with two attached hydrogens (primary N) is 1. The first-order chi connectivity index (χ1) is 8.20. The number of benzene rings is 1. The molecule has 1 aromatic carbocycles. The van der Waals surface area contributed by atoms with E-state index in [4.69, 9.17) is 5.73 Å². The number of rotatable bonds is 5. The van der Waals surface area contributed by atoms with Crippen molar-refractivity contribution in [2.24, 2.45) is 11.7 Å². The molecule has 1 amide bonds. The molecule has 0 aromatic heterocycles. The minimum absolute atomic E-state index is 0.0348. The Kier molecular flexibility index (Phi) is 3.54. The van der Waals surface area contributed by atoms with Gasteiger partial charge in [-0.3, -0.25) is 9.59 Å². The second-order valence-corrected chi connectivity index (χ2v) is 4.30. The van der Waals surface area contributed by atoms with Crippen molar-refractivity contribution in [3.63, 3.8) is 0 Å². The van der Waals surface area contributed by atoms with Crippen molar-refractivity contribution < 1.29 is 9.59 Å². The summed E-state index contributed by atoms with van der Waals surface area (Å²) < 4.78 is 0. The lowest BCUT2D eigenvalue weighted by molar-refractivity contribution is -0.117. The highest BCUT2D eigenvalue weighted by atomic mass is 16.2. The fourth-order valence-electron chi connectivity index (χ4n) is 1.60. The van der Waals surface area contributed by atoms with Crippen LogP contribution in [0.1, 0.15) is 29.6 Å². The Labute approximate surface area is 100 Å². The molecule has 4 nitrogen and oxygen atoms in total. The molecular weight excluding hydrogens is 216 g/mol. The van der Waals surface area contributed by atoms with Crippen LogP contribution < -0.4 is 11.1 Å². The second-order valence-electron chi connectivity index (χ2n) is 4.30. The number of hydrogen-bond acceptors (Lipinski definition) is 3. The monoisotopic (exact) mass is 232 g/mol. The molecule has 0 aliphatic heterocycles. The Hall–Kier alpha value is -1.68. The van der Waals surface area contributed by atoms with Gasteiger partial charge in [-0.2, -0.15) is 0 Å². The molecule has 0 saturated heterocycles. The molecular formula is C13H16N2O2.